The van der Waals surface area contributed by atoms with Gasteiger partial charge in [0.1, 0.15) is 5.69 Å². The second-order valence-electron chi connectivity index (χ2n) is 5.69. The van der Waals surface area contributed by atoms with Crippen LogP contribution in [0.3, 0.4) is 0 Å². The summed E-state index contributed by atoms with van der Waals surface area (Å²) in [5.74, 6) is -0.272. The van der Waals surface area contributed by atoms with Crippen LogP contribution in [0.5, 0.6) is 0 Å². The van der Waals surface area contributed by atoms with Gasteiger partial charge < -0.3 is 5.32 Å². The van der Waals surface area contributed by atoms with Gasteiger partial charge in [0.15, 0.2) is 0 Å². The van der Waals surface area contributed by atoms with Crippen molar-refractivity contribution in [3.05, 3.63) is 63.6 Å². The van der Waals surface area contributed by atoms with Crippen molar-refractivity contribution >= 4 is 5.91 Å². The molecule has 0 saturated carbocycles. The lowest BCUT2D eigenvalue weighted by atomic mass is 10.0. The van der Waals surface area contributed by atoms with Crippen molar-refractivity contribution < 1.29 is 4.79 Å². The molecule has 0 fully saturated rings. The molecule has 0 aliphatic rings. The summed E-state index contributed by atoms with van der Waals surface area (Å²) in [5, 5.41) is 7.11. The maximum absolute atomic E-state index is 12.4. The Labute approximate surface area is 136 Å². The maximum atomic E-state index is 12.4. The second-order valence-corrected chi connectivity index (χ2v) is 5.69. The van der Waals surface area contributed by atoms with E-state index in [0.717, 1.165) is 24.0 Å². The Balaban J connectivity index is 2.14. The van der Waals surface area contributed by atoms with Gasteiger partial charge in [-0.15, -0.1) is 0 Å². The molecule has 0 radical (unpaired) electrons. The number of hydrogen-bond acceptors (Lipinski definition) is 3. The van der Waals surface area contributed by atoms with Crippen LogP contribution in [0.4, 0.5) is 0 Å². The molecule has 0 spiro atoms. The van der Waals surface area contributed by atoms with Gasteiger partial charge in [-0.3, -0.25) is 9.59 Å². The molecule has 1 aromatic heterocycles. The van der Waals surface area contributed by atoms with Crippen molar-refractivity contribution in [2.75, 3.05) is 0 Å². The number of benzene rings is 1. The third-order valence-corrected chi connectivity index (χ3v) is 3.83. The standard InChI is InChI=1S/C18H23N3O2/c1-4-5-12-21-17(22)11-10-16(20-21)18(23)19-14(3)15-9-7-6-8-13(15)2/h6-11,14H,4-5,12H2,1-3H3,(H,19,23). The summed E-state index contributed by atoms with van der Waals surface area (Å²) < 4.78 is 1.36. The summed E-state index contributed by atoms with van der Waals surface area (Å²) in [5.41, 5.74) is 2.28. The molecule has 1 atom stereocenters. The highest BCUT2D eigenvalue weighted by Crippen LogP contribution is 2.16. The zero-order valence-electron chi connectivity index (χ0n) is 13.9. The average molecular weight is 313 g/mol. The second kappa shape index (κ2) is 7.72. The first kappa shape index (κ1) is 16.9. The van der Waals surface area contributed by atoms with E-state index in [1.807, 2.05) is 45.0 Å². The molecule has 0 bridgehead atoms. The fraction of sp³-hybridized carbons (Fsp3) is 0.389. The first-order valence-corrected chi connectivity index (χ1v) is 7.97. The highest BCUT2D eigenvalue weighted by Gasteiger charge is 2.15. The molecule has 0 aliphatic carbocycles. The molecule has 1 heterocycles. The van der Waals surface area contributed by atoms with E-state index in [9.17, 15) is 9.59 Å². The monoisotopic (exact) mass is 313 g/mol. The van der Waals surface area contributed by atoms with Crippen molar-refractivity contribution in [2.45, 2.75) is 46.2 Å². The molecule has 2 rings (SSSR count). The van der Waals surface area contributed by atoms with Gasteiger partial charge in [0.25, 0.3) is 11.5 Å². The molecule has 5 heteroatoms. The van der Waals surface area contributed by atoms with Crippen LogP contribution in [0.1, 0.15) is 54.3 Å². The number of carbonyl (C=O) groups excluding carboxylic acids is 1. The van der Waals surface area contributed by atoms with Crippen molar-refractivity contribution in [3.63, 3.8) is 0 Å². The Morgan fingerprint density at radius 3 is 2.70 bits per heavy atom. The lowest BCUT2D eigenvalue weighted by Gasteiger charge is -2.16. The van der Waals surface area contributed by atoms with Crippen molar-refractivity contribution in [1.82, 2.24) is 15.1 Å². The van der Waals surface area contributed by atoms with Crippen LogP contribution in [-0.4, -0.2) is 15.7 Å². The van der Waals surface area contributed by atoms with Gasteiger partial charge in [-0.05, 0) is 37.5 Å². The number of carbonyl (C=O) groups is 1. The summed E-state index contributed by atoms with van der Waals surface area (Å²) in [4.78, 5) is 24.1. The summed E-state index contributed by atoms with van der Waals surface area (Å²) >= 11 is 0. The van der Waals surface area contributed by atoms with E-state index in [4.69, 9.17) is 0 Å². The number of amides is 1. The van der Waals surface area contributed by atoms with Gasteiger partial charge in [-0.2, -0.15) is 5.10 Å². The van der Waals surface area contributed by atoms with E-state index in [2.05, 4.69) is 10.4 Å². The Hall–Kier alpha value is -2.43. The van der Waals surface area contributed by atoms with Gasteiger partial charge in [0.05, 0.1) is 6.04 Å². The number of nitrogens with one attached hydrogen (secondary N) is 1. The molecular formula is C18H23N3O2. The first-order valence-electron chi connectivity index (χ1n) is 7.97. The minimum absolute atomic E-state index is 0.124. The predicted molar refractivity (Wildman–Crippen MR) is 90.5 cm³/mol. The maximum Gasteiger partial charge on any atom is 0.272 e. The quantitative estimate of drug-likeness (QED) is 0.892. The summed E-state index contributed by atoms with van der Waals surface area (Å²) in [6, 6.07) is 10.7. The summed E-state index contributed by atoms with van der Waals surface area (Å²) in [6.07, 6.45) is 1.83. The molecule has 1 aromatic carbocycles. The van der Waals surface area contributed by atoms with Crippen molar-refractivity contribution in [1.29, 1.82) is 0 Å². The van der Waals surface area contributed by atoms with Crippen LogP contribution in [0.15, 0.2) is 41.2 Å². The highest BCUT2D eigenvalue weighted by molar-refractivity contribution is 5.92. The van der Waals surface area contributed by atoms with Crippen molar-refractivity contribution in [3.8, 4) is 0 Å². The topological polar surface area (TPSA) is 64.0 Å². The average Bonchev–Trinajstić information content (AvgIpc) is 2.54. The number of aryl methyl sites for hydroxylation is 2. The van der Waals surface area contributed by atoms with Crippen LogP contribution >= 0.6 is 0 Å². The third kappa shape index (κ3) is 4.28. The molecule has 1 amide bonds. The van der Waals surface area contributed by atoms with Gasteiger partial charge >= 0.3 is 0 Å². The van der Waals surface area contributed by atoms with Crippen LogP contribution < -0.4 is 10.9 Å². The van der Waals surface area contributed by atoms with Crippen LogP contribution in [0, 0.1) is 6.92 Å². The first-order chi connectivity index (χ1) is 11.0. The van der Waals surface area contributed by atoms with Gasteiger partial charge in [0.2, 0.25) is 0 Å². The Kier molecular flexibility index (Phi) is 5.68. The largest absolute Gasteiger partial charge is 0.344 e. The molecule has 122 valence electrons. The fourth-order valence-electron chi connectivity index (χ4n) is 2.46. The van der Waals surface area contributed by atoms with Crippen LogP contribution in [-0.2, 0) is 6.54 Å². The molecule has 2 aromatic rings. The third-order valence-electron chi connectivity index (χ3n) is 3.83. The minimum atomic E-state index is -0.272. The van der Waals surface area contributed by atoms with E-state index in [1.165, 1.54) is 16.8 Å². The Bertz CT molecular complexity index is 737. The lowest BCUT2D eigenvalue weighted by molar-refractivity contribution is 0.0932. The number of nitrogens with zero attached hydrogens (tertiary/aromatic N) is 2. The lowest BCUT2D eigenvalue weighted by Crippen LogP contribution is -2.31. The van der Waals surface area contributed by atoms with Crippen molar-refractivity contribution in [2.24, 2.45) is 0 Å². The van der Waals surface area contributed by atoms with Gasteiger partial charge in [-0.1, -0.05) is 37.6 Å². The molecule has 1 N–H and O–H groups in total. The molecular weight excluding hydrogens is 290 g/mol. The number of hydrogen-bond donors (Lipinski definition) is 1. The van der Waals surface area contributed by atoms with E-state index in [0.29, 0.717) is 6.54 Å². The van der Waals surface area contributed by atoms with Crippen LogP contribution in [0.2, 0.25) is 0 Å². The zero-order valence-corrected chi connectivity index (χ0v) is 13.9. The molecule has 23 heavy (non-hydrogen) atoms. The van der Waals surface area contributed by atoms with E-state index >= 15 is 0 Å². The number of aromatic nitrogens is 2. The molecule has 5 nitrogen and oxygen atoms in total. The predicted octanol–water partition coefficient (Wildman–Crippen LogP) is 2.84. The van der Waals surface area contributed by atoms with E-state index in [-0.39, 0.29) is 23.2 Å². The normalized spacial score (nSPS) is 12.0. The molecule has 0 saturated heterocycles. The smallest absolute Gasteiger partial charge is 0.272 e. The minimum Gasteiger partial charge on any atom is -0.344 e. The fourth-order valence-corrected chi connectivity index (χ4v) is 2.46. The number of rotatable bonds is 6. The Morgan fingerprint density at radius 2 is 2.00 bits per heavy atom. The molecule has 0 aliphatic heterocycles. The zero-order chi connectivity index (χ0) is 16.8. The Morgan fingerprint density at radius 1 is 1.26 bits per heavy atom. The van der Waals surface area contributed by atoms with E-state index < -0.39 is 0 Å². The highest BCUT2D eigenvalue weighted by atomic mass is 16.2. The van der Waals surface area contributed by atoms with Crippen LogP contribution in [0.25, 0.3) is 0 Å². The molecule has 1 unspecified atom stereocenters. The summed E-state index contributed by atoms with van der Waals surface area (Å²) in [6.45, 7) is 6.53. The summed E-state index contributed by atoms with van der Waals surface area (Å²) in [7, 11) is 0. The van der Waals surface area contributed by atoms with Gasteiger partial charge in [-0.25, -0.2) is 4.68 Å². The van der Waals surface area contributed by atoms with Gasteiger partial charge in [0, 0.05) is 12.6 Å². The SMILES string of the molecule is CCCCn1nc(C(=O)NC(C)c2ccccc2C)ccc1=O. The number of unbranched alkanes of at least 4 members (excludes halogenated alkanes) is 1. The van der Waals surface area contributed by atoms with E-state index in [1.54, 1.807) is 0 Å².